The van der Waals surface area contributed by atoms with Crippen molar-refractivity contribution >= 4 is 23.4 Å². The lowest BCUT2D eigenvalue weighted by atomic mass is 10.2. The van der Waals surface area contributed by atoms with Crippen molar-refractivity contribution in [3.63, 3.8) is 0 Å². The SMILES string of the molecule is CCc1nn(C)c(C(=O)NC2CCSC2)c1N. The average Bonchev–Trinajstić information content (AvgIpc) is 2.87. The van der Waals surface area contributed by atoms with Crippen molar-refractivity contribution in [1.29, 1.82) is 0 Å². The molecule has 2 rings (SSSR count). The molecule has 1 aliphatic heterocycles. The molecular formula is C11H18N4OS. The van der Waals surface area contributed by atoms with E-state index < -0.39 is 0 Å². The third kappa shape index (κ3) is 2.41. The van der Waals surface area contributed by atoms with Crippen LogP contribution in [0, 0.1) is 0 Å². The zero-order chi connectivity index (χ0) is 12.4. The summed E-state index contributed by atoms with van der Waals surface area (Å²) in [6.07, 6.45) is 1.78. The van der Waals surface area contributed by atoms with Crippen molar-refractivity contribution in [1.82, 2.24) is 15.1 Å². The number of amides is 1. The minimum atomic E-state index is -0.107. The van der Waals surface area contributed by atoms with E-state index in [-0.39, 0.29) is 11.9 Å². The van der Waals surface area contributed by atoms with Gasteiger partial charge in [-0.15, -0.1) is 0 Å². The Bertz CT molecular complexity index is 423. The van der Waals surface area contributed by atoms with Gasteiger partial charge in [-0.05, 0) is 18.6 Å². The second-order valence-corrected chi connectivity index (χ2v) is 5.37. The number of nitrogens with two attached hydrogens (primary N) is 1. The molecule has 0 bridgehead atoms. The zero-order valence-corrected chi connectivity index (χ0v) is 11.0. The van der Waals surface area contributed by atoms with E-state index in [1.54, 1.807) is 11.7 Å². The Kier molecular flexibility index (Phi) is 3.61. The molecule has 6 heteroatoms. The molecule has 1 amide bonds. The van der Waals surface area contributed by atoms with Gasteiger partial charge in [-0.25, -0.2) is 0 Å². The molecule has 1 saturated heterocycles. The number of carbonyl (C=O) groups is 1. The van der Waals surface area contributed by atoms with Gasteiger partial charge in [-0.2, -0.15) is 16.9 Å². The monoisotopic (exact) mass is 254 g/mol. The molecular weight excluding hydrogens is 236 g/mol. The smallest absolute Gasteiger partial charge is 0.271 e. The number of nitrogens with one attached hydrogen (secondary N) is 1. The zero-order valence-electron chi connectivity index (χ0n) is 10.2. The van der Waals surface area contributed by atoms with Crippen molar-refractivity contribution < 1.29 is 4.79 Å². The normalized spacial score (nSPS) is 19.5. The molecule has 1 fully saturated rings. The van der Waals surface area contributed by atoms with Gasteiger partial charge in [0.15, 0.2) is 0 Å². The minimum Gasteiger partial charge on any atom is -0.395 e. The Hall–Kier alpha value is -1.17. The van der Waals surface area contributed by atoms with Crippen LogP contribution in [0.2, 0.25) is 0 Å². The first-order valence-electron chi connectivity index (χ1n) is 5.83. The summed E-state index contributed by atoms with van der Waals surface area (Å²) in [5, 5.41) is 7.26. The number of thioether (sulfide) groups is 1. The highest BCUT2D eigenvalue weighted by Crippen LogP contribution is 2.20. The van der Waals surface area contributed by atoms with Gasteiger partial charge in [-0.3, -0.25) is 9.48 Å². The number of aromatic nitrogens is 2. The van der Waals surface area contributed by atoms with Crippen molar-refractivity contribution in [3.8, 4) is 0 Å². The summed E-state index contributed by atoms with van der Waals surface area (Å²) in [4.78, 5) is 12.1. The van der Waals surface area contributed by atoms with Crippen LogP contribution in [0.5, 0.6) is 0 Å². The minimum absolute atomic E-state index is 0.107. The van der Waals surface area contributed by atoms with Gasteiger partial charge in [0.25, 0.3) is 5.91 Å². The molecule has 17 heavy (non-hydrogen) atoms. The second-order valence-electron chi connectivity index (χ2n) is 4.22. The lowest BCUT2D eigenvalue weighted by Gasteiger charge is -2.11. The first kappa shape index (κ1) is 12.3. The van der Waals surface area contributed by atoms with E-state index in [1.807, 2.05) is 18.7 Å². The van der Waals surface area contributed by atoms with Gasteiger partial charge in [0.05, 0.1) is 11.4 Å². The molecule has 1 aliphatic rings. The van der Waals surface area contributed by atoms with Gasteiger partial charge in [0.1, 0.15) is 5.69 Å². The topological polar surface area (TPSA) is 72.9 Å². The summed E-state index contributed by atoms with van der Waals surface area (Å²) in [6.45, 7) is 1.98. The van der Waals surface area contributed by atoms with Crippen molar-refractivity contribution in [2.75, 3.05) is 17.2 Å². The Labute approximate surface area is 105 Å². The standard InChI is InChI=1S/C11H18N4OS/c1-3-8-9(12)10(15(2)14-8)11(16)13-7-4-5-17-6-7/h7H,3-6,12H2,1-2H3,(H,13,16). The molecule has 5 nitrogen and oxygen atoms in total. The number of aryl methyl sites for hydroxylation is 2. The summed E-state index contributed by atoms with van der Waals surface area (Å²) < 4.78 is 1.57. The van der Waals surface area contributed by atoms with Crippen LogP contribution < -0.4 is 11.1 Å². The molecule has 0 aromatic carbocycles. The van der Waals surface area contributed by atoms with E-state index in [2.05, 4.69) is 10.4 Å². The van der Waals surface area contributed by atoms with Crippen LogP contribution in [0.25, 0.3) is 0 Å². The van der Waals surface area contributed by atoms with Crippen LogP contribution in [0.4, 0.5) is 5.69 Å². The third-order valence-corrected chi connectivity index (χ3v) is 4.14. The van der Waals surface area contributed by atoms with E-state index in [0.717, 1.165) is 30.0 Å². The fourth-order valence-electron chi connectivity index (χ4n) is 2.03. The lowest BCUT2D eigenvalue weighted by molar-refractivity contribution is 0.0932. The van der Waals surface area contributed by atoms with E-state index >= 15 is 0 Å². The Morgan fingerprint density at radius 1 is 1.71 bits per heavy atom. The van der Waals surface area contributed by atoms with Gasteiger partial charge < -0.3 is 11.1 Å². The Balaban J connectivity index is 2.15. The van der Waals surface area contributed by atoms with Crippen molar-refractivity contribution in [3.05, 3.63) is 11.4 Å². The Morgan fingerprint density at radius 2 is 2.47 bits per heavy atom. The number of anilines is 1. The molecule has 0 aliphatic carbocycles. The van der Waals surface area contributed by atoms with Gasteiger partial charge in [0.2, 0.25) is 0 Å². The highest BCUT2D eigenvalue weighted by atomic mass is 32.2. The maximum atomic E-state index is 12.1. The number of nitrogens with zero attached hydrogens (tertiary/aromatic N) is 2. The number of hydrogen-bond donors (Lipinski definition) is 2. The van der Waals surface area contributed by atoms with Crippen LogP contribution in [-0.2, 0) is 13.5 Å². The maximum absolute atomic E-state index is 12.1. The average molecular weight is 254 g/mol. The Morgan fingerprint density at radius 3 is 3.00 bits per heavy atom. The fourth-order valence-corrected chi connectivity index (χ4v) is 3.18. The van der Waals surface area contributed by atoms with Gasteiger partial charge >= 0.3 is 0 Å². The van der Waals surface area contributed by atoms with Crippen LogP contribution in [0.15, 0.2) is 0 Å². The van der Waals surface area contributed by atoms with E-state index in [9.17, 15) is 4.79 Å². The lowest BCUT2D eigenvalue weighted by Crippen LogP contribution is -2.36. The summed E-state index contributed by atoms with van der Waals surface area (Å²) >= 11 is 1.87. The number of carbonyl (C=O) groups excluding carboxylic acids is 1. The fraction of sp³-hybridized carbons (Fsp3) is 0.636. The summed E-state index contributed by atoms with van der Waals surface area (Å²) in [5.41, 5.74) is 7.73. The van der Waals surface area contributed by atoms with Gasteiger partial charge in [-0.1, -0.05) is 6.92 Å². The van der Waals surface area contributed by atoms with Crippen LogP contribution >= 0.6 is 11.8 Å². The molecule has 2 heterocycles. The quantitative estimate of drug-likeness (QED) is 0.837. The summed E-state index contributed by atoms with van der Waals surface area (Å²) in [5.74, 6) is 2.00. The molecule has 1 aromatic rings. The van der Waals surface area contributed by atoms with Crippen molar-refractivity contribution in [2.24, 2.45) is 7.05 Å². The molecule has 0 saturated carbocycles. The molecule has 3 N–H and O–H groups in total. The predicted octanol–water partition coefficient (Wildman–Crippen LogP) is 0.800. The van der Waals surface area contributed by atoms with Crippen molar-refractivity contribution in [2.45, 2.75) is 25.8 Å². The molecule has 0 spiro atoms. The molecule has 1 aromatic heterocycles. The van der Waals surface area contributed by atoms with Crippen LogP contribution in [0.3, 0.4) is 0 Å². The molecule has 0 radical (unpaired) electrons. The van der Waals surface area contributed by atoms with E-state index in [0.29, 0.717) is 11.4 Å². The van der Waals surface area contributed by atoms with Gasteiger partial charge in [0, 0.05) is 18.8 Å². The second kappa shape index (κ2) is 5.00. The maximum Gasteiger partial charge on any atom is 0.271 e. The molecule has 1 unspecified atom stereocenters. The van der Waals surface area contributed by atoms with E-state index in [4.69, 9.17) is 5.73 Å². The number of nitrogen functional groups attached to an aromatic ring is 1. The highest BCUT2D eigenvalue weighted by molar-refractivity contribution is 7.99. The first-order chi connectivity index (χ1) is 8.13. The summed E-state index contributed by atoms with van der Waals surface area (Å²) in [6, 6.07) is 0.270. The number of rotatable bonds is 3. The van der Waals surface area contributed by atoms with Crippen LogP contribution in [0.1, 0.15) is 29.5 Å². The molecule has 1 atom stereocenters. The molecule has 94 valence electrons. The van der Waals surface area contributed by atoms with E-state index in [1.165, 1.54) is 0 Å². The first-order valence-corrected chi connectivity index (χ1v) is 6.99. The predicted molar refractivity (Wildman–Crippen MR) is 70.2 cm³/mol. The largest absolute Gasteiger partial charge is 0.395 e. The highest BCUT2D eigenvalue weighted by Gasteiger charge is 2.23. The third-order valence-electron chi connectivity index (χ3n) is 2.98. The number of hydrogen-bond acceptors (Lipinski definition) is 4. The van der Waals surface area contributed by atoms with Crippen LogP contribution in [-0.4, -0.2) is 33.2 Å². The summed E-state index contributed by atoms with van der Waals surface area (Å²) in [7, 11) is 1.76.